The van der Waals surface area contributed by atoms with Crippen LogP contribution in [0, 0.1) is 0 Å². The van der Waals surface area contributed by atoms with Crippen molar-refractivity contribution < 1.29 is 53.7 Å². The summed E-state index contributed by atoms with van der Waals surface area (Å²) in [6.45, 7) is 1.26. The van der Waals surface area contributed by atoms with Crippen molar-refractivity contribution in [2.45, 2.75) is 69.2 Å². The predicted octanol–water partition coefficient (Wildman–Crippen LogP) is -3.08. The third-order valence-corrected chi connectivity index (χ3v) is 6.91. The molecule has 0 saturated carbocycles. The topological polar surface area (TPSA) is 325 Å². The predicted molar refractivity (Wildman–Crippen MR) is 172 cm³/mol. The molecule has 5 atom stereocenters. The van der Waals surface area contributed by atoms with Crippen molar-refractivity contribution in [1.82, 2.24) is 31.5 Å². The fraction of sp³-hybridized carbons (Fsp3) is 0.483. The average Bonchev–Trinajstić information content (AvgIpc) is 3.04. The second-order valence-electron chi connectivity index (χ2n) is 10.8. The zero-order valence-corrected chi connectivity index (χ0v) is 27.2. The van der Waals surface area contributed by atoms with Gasteiger partial charge in [0.15, 0.2) is 5.96 Å². The Morgan fingerprint density at radius 1 is 0.857 bits per heavy atom. The molecule has 20 nitrogen and oxygen atoms in total. The molecular weight excluding hydrogens is 650 g/mol. The van der Waals surface area contributed by atoms with Gasteiger partial charge >= 0.3 is 23.9 Å². The van der Waals surface area contributed by atoms with Crippen molar-refractivity contribution in [2.24, 2.45) is 16.5 Å². The number of benzene rings is 1. The maximum absolute atomic E-state index is 13.5. The fourth-order valence-electron chi connectivity index (χ4n) is 4.16. The van der Waals surface area contributed by atoms with E-state index in [9.17, 15) is 48.6 Å². The molecule has 2 unspecified atom stereocenters. The highest BCUT2D eigenvalue weighted by molar-refractivity contribution is 5.96. The number of carbonyl (C=O) groups excluding carboxylic acids is 5. The van der Waals surface area contributed by atoms with E-state index in [0.29, 0.717) is 5.56 Å². The number of rotatable bonds is 19. The number of aliphatic carboxylic acids is 3. The van der Waals surface area contributed by atoms with Gasteiger partial charge < -0.3 is 53.0 Å². The summed E-state index contributed by atoms with van der Waals surface area (Å²) < 4.78 is 0. The van der Waals surface area contributed by atoms with Crippen molar-refractivity contribution in [3.05, 3.63) is 35.9 Å². The molecule has 1 rings (SSSR count). The van der Waals surface area contributed by atoms with Gasteiger partial charge in [0, 0.05) is 27.1 Å². The first-order chi connectivity index (χ1) is 23.0. The number of nitrogens with zero attached hydrogens (tertiary/aromatic N) is 2. The van der Waals surface area contributed by atoms with Gasteiger partial charge in [0.2, 0.25) is 23.6 Å². The number of hydrogen-bond acceptors (Lipinski definition) is 10. The molecule has 0 fully saturated rings. The quantitative estimate of drug-likeness (QED) is 0.0391. The van der Waals surface area contributed by atoms with Gasteiger partial charge in [-0.15, -0.1) is 0 Å². The molecule has 0 heterocycles. The molecule has 0 spiro atoms. The van der Waals surface area contributed by atoms with E-state index in [1.165, 1.54) is 14.1 Å². The SMILES string of the molecule is CNC(=O)NC(N)=NCCC[C@H](N)C(=O)N(C)[C@@H](Cc1ccccc1)C(=O)NC(CC(=O)NC(CC(=O)N[C@H](C)C(=O)O)C(=O)O)C(=O)O. The number of aliphatic imine (C=N–C) groups is 1. The van der Waals surface area contributed by atoms with Crippen LogP contribution in [0.15, 0.2) is 35.3 Å². The van der Waals surface area contributed by atoms with Crippen LogP contribution in [0.5, 0.6) is 0 Å². The summed E-state index contributed by atoms with van der Waals surface area (Å²) in [5.74, 6) is -8.62. The Hall–Kier alpha value is -5.79. The number of carboxylic acid groups (broad SMARTS) is 3. The molecule has 0 aliphatic rings. The molecule has 0 aromatic heterocycles. The van der Waals surface area contributed by atoms with E-state index in [0.717, 1.165) is 11.8 Å². The van der Waals surface area contributed by atoms with Crippen molar-refractivity contribution >= 4 is 53.5 Å². The maximum atomic E-state index is 13.5. The Morgan fingerprint density at radius 3 is 1.94 bits per heavy atom. The number of hydrogen-bond donors (Lipinski definition) is 10. The Labute approximate surface area is 281 Å². The Balaban J connectivity index is 3.03. The van der Waals surface area contributed by atoms with Crippen LogP contribution in [0.3, 0.4) is 0 Å². The number of nitrogens with one attached hydrogen (secondary N) is 5. The van der Waals surface area contributed by atoms with E-state index in [2.05, 4.69) is 20.9 Å². The zero-order valence-electron chi connectivity index (χ0n) is 27.2. The van der Waals surface area contributed by atoms with E-state index in [1.54, 1.807) is 30.3 Å². The van der Waals surface area contributed by atoms with Gasteiger partial charge in [-0.3, -0.25) is 34.3 Å². The zero-order chi connectivity index (χ0) is 37.3. The van der Waals surface area contributed by atoms with Crippen molar-refractivity contribution in [3.8, 4) is 0 Å². The molecule has 49 heavy (non-hydrogen) atoms. The summed E-state index contributed by atoms with van der Waals surface area (Å²) in [5, 5.41) is 38.9. The van der Waals surface area contributed by atoms with Gasteiger partial charge in [0.05, 0.1) is 18.9 Å². The van der Waals surface area contributed by atoms with Gasteiger partial charge in [-0.1, -0.05) is 30.3 Å². The summed E-state index contributed by atoms with van der Waals surface area (Å²) in [6, 6.07) is 0.407. The maximum Gasteiger partial charge on any atom is 0.326 e. The smallest absolute Gasteiger partial charge is 0.326 e. The van der Waals surface area contributed by atoms with E-state index >= 15 is 0 Å². The van der Waals surface area contributed by atoms with Crippen LogP contribution in [-0.2, 0) is 40.0 Å². The molecule has 0 bridgehead atoms. The van der Waals surface area contributed by atoms with Crippen LogP contribution in [0.2, 0.25) is 0 Å². The average molecular weight is 694 g/mol. The summed E-state index contributed by atoms with van der Waals surface area (Å²) in [5.41, 5.74) is 12.3. The van der Waals surface area contributed by atoms with Gasteiger partial charge in [-0.2, -0.15) is 0 Å². The summed E-state index contributed by atoms with van der Waals surface area (Å²) in [4.78, 5) is 102. The van der Waals surface area contributed by atoms with Gasteiger partial charge in [0.1, 0.15) is 24.2 Å². The minimum absolute atomic E-state index is 0.0723. The summed E-state index contributed by atoms with van der Waals surface area (Å²) >= 11 is 0. The molecule has 0 saturated heterocycles. The second-order valence-corrected chi connectivity index (χ2v) is 10.8. The monoisotopic (exact) mass is 693 g/mol. The van der Waals surface area contributed by atoms with Crippen LogP contribution in [-0.4, -0.2) is 125 Å². The largest absolute Gasteiger partial charge is 0.480 e. The van der Waals surface area contributed by atoms with Crippen LogP contribution < -0.4 is 38.1 Å². The Bertz CT molecular complexity index is 1390. The van der Waals surface area contributed by atoms with Crippen molar-refractivity contribution in [3.63, 3.8) is 0 Å². The van der Waals surface area contributed by atoms with Crippen molar-refractivity contribution in [1.29, 1.82) is 0 Å². The Morgan fingerprint density at radius 2 is 1.41 bits per heavy atom. The molecule has 1 aromatic carbocycles. The lowest BCUT2D eigenvalue weighted by Gasteiger charge is -2.30. The normalized spacial score (nSPS) is 14.1. The molecule has 0 radical (unpaired) electrons. The first-order valence-electron chi connectivity index (χ1n) is 14.9. The number of nitrogens with two attached hydrogens (primary N) is 2. The molecule has 0 aliphatic carbocycles. The first kappa shape index (κ1) is 41.2. The van der Waals surface area contributed by atoms with E-state index in [1.807, 2.05) is 10.6 Å². The number of amides is 6. The Kier molecular flexibility index (Phi) is 17.2. The highest BCUT2D eigenvalue weighted by Gasteiger charge is 2.34. The molecular formula is C29H43N9O11. The molecule has 20 heteroatoms. The standard InChI is InChI=1S/C29H43N9O11/c1-15(25(43)44)34-21(39)13-18(26(45)46)35-22(40)14-19(27(47)48)36-23(41)20(12-16-8-5-4-6-9-16)38(3)24(42)17(30)10-7-11-33-28(31)37-29(49)32-2/h4-6,8-9,15,17-20H,7,10-14,30H2,1-3H3,(H,34,39)(H,35,40)(H,36,41)(H,43,44)(H,45,46)(H,47,48)(H4,31,32,33,37,49)/t15-,17+,18?,19?,20+/m1/s1. The molecule has 1 aromatic rings. The minimum atomic E-state index is -1.88. The first-order valence-corrected chi connectivity index (χ1v) is 14.9. The van der Waals surface area contributed by atoms with Crippen LogP contribution in [0.4, 0.5) is 4.79 Å². The van der Waals surface area contributed by atoms with Crippen LogP contribution in [0.25, 0.3) is 0 Å². The number of likely N-dealkylation sites (N-methyl/N-ethyl adjacent to an activating group) is 1. The van der Waals surface area contributed by atoms with Gasteiger partial charge in [0.25, 0.3) is 0 Å². The van der Waals surface area contributed by atoms with Gasteiger partial charge in [-0.25, -0.2) is 14.4 Å². The van der Waals surface area contributed by atoms with Crippen LogP contribution in [0.1, 0.15) is 38.2 Å². The number of carbonyl (C=O) groups is 8. The van der Waals surface area contributed by atoms with Crippen LogP contribution >= 0.6 is 0 Å². The van der Waals surface area contributed by atoms with E-state index < -0.39 is 90.6 Å². The number of guanidine groups is 1. The fourth-order valence-corrected chi connectivity index (χ4v) is 4.16. The lowest BCUT2D eigenvalue weighted by atomic mass is 10.0. The third-order valence-electron chi connectivity index (χ3n) is 6.91. The highest BCUT2D eigenvalue weighted by Crippen LogP contribution is 2.12. The van der Waals surface area contributed by atoms with Crippen molar-refractivity contribution in [2.75, 3.05) is 20.6 Å². The molecule has 12 N–H and O–H groups in total. The lowest BCUT2D eigenvalue weighted by Crippen LogP contribution is -2.56. The lowest BCUT2D eigenvalue weighted by molar-refractivity contribution is -0.146. The van der Waals surface area contributed by atoms with Gasteiger partial charge in [-0.05, 0) is 25.3 Å². The third kappa shape index (κ3) is 15.1. The highest BCUT2D eigenvalue weighted by atomic mass is 16.4. The number of urea groups is 1. The molecule has 270 valence electrons. The van der Waals surface area contributed by atoms with E-state index in [-0.39, 0.29) is 31.8 Å². The molecule has 0 aliphatic heterocycles. The number of carboxylic acids is 3. The summed E-state index contributed by atoms with van der Waals surface area (Å²) in [7, 11) is 2.69. The second kappa shape index (κ2) is 20.4. The minimum Gasteiger partial charge on any atom is -0.480 e. The molecule has 6 amide bonds. The van der Waals surface area contributed by atoms with E-state index in [4.69, 9.17) is 16.6 Å². The summed E-state index contributed by atoms with van der Waals surface area (Å²) in [6.07, 6.45) is -1.50.